The summed E-state index contributed by atoms with van der Waals surface area (Å²) in [5.41, 5.74) is 4.79. The molecule has 0 N–H and O–H groups in total. The maximum atomic E-state index is 3.70. The minimum absolute atomic E-state index is 1.15. The van der Waals surface area contributed by atoms with Crippen LogP contribution in [0, 0.1) is 6.07 Å². The Morgan fingerprint density at radius 2 is 1.04 bits per heavy atom. The van der Waals surface area contributed by atoms with Crippen molar-refractivity contribution in [3.05, 3.63) is 109 Å². The summed E-state index contributed by atoms with van der Waals surface area (Å²) >= 11 is 0. The molecule has 5 aromatic carbocycles. The predicted octanol–water partition coefficient (Wildman–Crippen LogP) is 7.13. The van der Waals surface area contributed by atoms with Gasteiger partial charge in [0.05, 0.1) is 0 Å². The van der Waals surface area contributed by atoms with Gasteiger partial charge in [0, 0.05) is 0 Å². The molecule has 0 atom stereocenters. The Morgan fingerprint density at radius 1 is 0.462 bits per heavy atom. The summed E-state index contributed by atoms with van der Waals surface area (Å²) in [6.07, 6.45) is 0. The molecule has 1 radical (unpaired) electrons. The average Bonchev–Trinajstić information content (AvgIpc) is 2.72. The van der Waals surface area contributed by atoms with E-state index in [1.807, 2.05) is 0 Å². The van der Waals surface area contributed by atoms with Gasteiger partial charge in [-0.15, -0.1) is 0 Å². The second-order valence-corrected chi connectivity index (χ2v) is 6.58. The molecule has 26 heavy (non-hydrogen) atoms. The average molecular weight is 329 g/mol. The Balaban J connectivity index is 1.86. The van der Waals surface area contributed by atoms with Crippen LogP contribution in [0.5, 0.6) is 0 Å². The van der Waals surface area contributed by atoms with Gasteiger partial charge in [-0.25, -0.2) is 0 Å². The van der Waals surface area contributed by atoms with Crippen LogP contribution in [0.1, 0.15) is 0 Å². The SMILES string of the molecule is [c]1c(-c2ccccc2)c(-c2ccccc2)cc2cc3ccccc3cc12. The Kier molecular flexibility index (Phi) is 3.54. The van der Waals surface area contributed by atoms with E-state index in [2.05, 4.69) is 109 Å². The van der Waals surface area contributed by atoms with Gasteiger partial charge in [-0.05, 0) is 68.1 Å². The Labute approximate surface area is 153 Å². The maximum absolute atomic E-state index is 3.70. The minimum Gasteiger partial charge on any atom is -0.0622 e. The lowest BCUT2D eigenvalue weighted by Gasteiger charge is -2.13. The van der Waals surface area contributed by atoms with Crippen LogP contribution in [0.2, 0.25) is 0 Å². The quantitative estimate of drug-likeness (QED) is 0.302. The van der Waals surface area contributed by atoms with Crippen LogP contribution < -0.4 is 0 Å². The lowest BCUT2D eigenvalue weighted by molar-refractivity contribution is 1.60. The van der Waals surface area contributed by atoms with Gasteiger partial charge in [0.25, 0.3) is 0 Å². The molecule has 0 fully saturated rings. The first-order valence-corrected chi connectivity index (χ1v) is 8.88. The van der Waals surface area contributed by atoms with E-state index in [0.29, 0.717) is 0 Å². The molecule has 0 aliphatic heterocycles. The monoisotopic (exact) mass is 329 g/mol. The van der Waals surface area contributed by atoms with Crippen molar-refractivity contribution in [1.29, 1.82) is 0 Å². The summed E-state index contributed by atoms with van der Waals surface area (Å²) in [6, 6.07) is 40.1. The second-order valence-electron chi connectivity index (χ2n) is 6.58. The van der Waals surface area contributed by atoms with Crippen LogP contribution in [-0.4, -0.2) is 0 Å². The number of rotatable bonds is 2. The van der Waals surface area contributed by atoms with E-state index in [4.69, 9.17) is 0 Å². The highest BCUT2D eigenvalue weighted by molar-refractivity contribution is 6.02. The molecule has 0 saturated carbocycles. The minimum atomic E-state index is 1.15. The highest BCUT2D eigenvalue weighted by atomic mass is 14.1. The highest BCUT2D eigenvalue weighted by Gasteiger charge is 2.10. The van der Waals surface area contributed by atoms with E-state index in [1.54, 1.807) is 0 Å². The molecule has 0 unspecified atom stereocenters. The zero-order chi connectivity index (χ0) is 17.3. The third-order valence-corrected chi connectivity index (χ3v) is 4.89. The molecular formula is C26H17. The van der Waals surface area contributed by atoms with Gasteiger partial charge in [-0.1, -0.05) is 84.9 Å². The summed E-state index contributed by atoms with van der Waals surface area (Å²) in [5.74, 6) is 0. The van der Waals surface area contributed by atoms with E-state index < -0.39 is 0 Å². The van der Waals surface area contributed by atoms with Gasteiger partial charge >= 0.3 is 0 Å². The fraction of sp³-hybridized carbons (Fsp3) is 0. The van der Waals surface area contributed by atoms with Crippen molar-refractivity contribution < 1.29 is 0 Å². The number of hydrogen-bond donors (Lipinski definition) is 0. The molecule has 5 aromatic rings. The van der Waals surface area contributed by atoms with Gasteiger partial charge in [0.15, 0.2) is 0 Å². The predicted molar refractivity (Wildman–Crippen MR) is 111 cm³/mol. The van der Waals surface area contributed by atoms with Crippen molar-refractivity contribution in [2.24, 2.45) is 0 Å². The van der Waals surface area contributed by atoms with Gasteiger partial charge in [-0.3, -0.25) is 0 Å². The van der Waals surface area contributed by atoms with Gasteiger partial charge < -0.3 is 0 Å². The molecule has 0 aliphatic rings. The summed E-state index contributed by atoms with van der Waals surface area (Å²) in [6.45, 7) is 0. The first-order valence-electron chi connectivity index (χ1n) is 8.88. The highest BCUT2D eigenvalue weighted by Crippen LogP contribution is 2.36. The van der Waals surface area contributed by atoms with Crippen LogP contribution in [-0.2, 0) is 0 Å². The standard InChI is InChI=1S/C26H17/c1-3-9-19(10-4-1)25-17-23-15-21-13-7-8-14-22(21)16-24(23)18-26(25)20-11-5-2-6-12-20/h1-17H. The molecule has 0 heterocycles. The topological polar surface area (TPSA) is 0 Å². The summed E-state index contributed by atoms with van der Waals surface area (Å²) in [4.78, 5) is 0. The van der Waals surface area contributed by atoms with Crippen molar-refractivity contribution in [3.63, 3.8) is 0 Å². The smallest absolute Gasteiger partial charge is 0.000763 e. The summed E-state index contributed by atoms with van der Waals surface area (Å²) in [7, 11) is 0. The van der Waals surface area contributed by atoms with Crippen LogP contribution in [0.4, 0.5) is 0 Å². The number of hydrogen-bond acceptors (Lipinski definition) is 0. The van der Waals surface area contributed by atoms with Gasteiger partial charge in [-0.2, -0.15) is 0 Å². The zero-order valence-electron chi connectivity index (χ0n) is 14.3. The Bertz CT molecular complexity index is 1100. The fourth-order valence-corrected chi connectivity index (χ4v) is 3.59. The van der Waals surface area contributed by atoms with Gasteiger partial charge in [0.1, 0.15) is 0 Å². The normalized spacial score (nSPS) is 11.1. The fourth-order valence-electron chi connectivity index (χ4n) is 3.59. The molecule has 0 amide bonds. The van der Waals surface area contributed by atoms with E-state index in [1.165, 1.54) is 32.8 Å². The van der Waals surface area contributed by atoms with E-state index in [-0.39, 0.29) is 0 Å². The Hall–Kier alpha value is -3.38. The van der Waals surface area contributed by atoms with Crippen molar-refractivity contribution in [2.45, 2.75) is 0 Å². The first-order chi connectivity index (χ1) is 12.9. The second kappa shape index (κ2) is 6.16. The van der Waals surface area contributed by atoms with Crippen molar-refractivity contribution in [2.75, 3.05) is 0 Å². The van der Waals surface area contributed by atoms with Crippen LogP contribution in [0.3, 0.4) is 0 Å². The third kappa shape index (κ3) is 2.57. The van der Waals surface area contributed by atoms with Gasteiger partial charge in [0.2, 0.25) is 0 Å². The number of benzene rings is 5. The van der Waals surface area contributed by atoms with E-state index in [9.17, 15) is 0 Å². The van der Waals surface area contributed by atoms with Crippen molar-refractivity contribution >= 4 is 21.5 Å². The maximum Gasteiger partial charge on any atom is -0.000763 e. The van der Waals surface area contributed by atoms with Crippen molar-refractivity contribution in [3.8, 4) is 22.3 Å². The molecule has 5 rings (SSSR count). The lowest BCUT2D eigenvalue weighted by Crippen LogP contribution is -1.87. The largest absolute Gasteiger partial charge is 0.0622 e. The van der Waals surface area contributed by atoms with Crippen LogP contribution >= 0.6 is 0 Å². The summed E-state index contributed by atoms with van der Waals surface area (Å²) < 4.78 is 0. The Morgan fingerprint density at radius 3 is 1.73 bits per heavy atom. The molecule has 121 valence electrons. The zero-order valence-corrected chi connectivity index (χ0v) is 14.3. The molecule has 0 heteroatoms. The molecule has 0 aromatic heterocycles. The van der Waals surface area contributed by atoms with Crippen LogP contribution in [0.25, 0.3) is 43.8 Å². The lowest BCUT2D eigenvalue weighted by atomic mass is 9.90. The third-order valence-electron chi connectivity index (χ3n) is 4.89. The molecule has 0 bridgehead atoms. The van der Waals surface area contributed by atoms with Crippen molar-refractivity contribution in [1.82, 2.24) is 0 Å². The van der Waals surface area contributed by atoms with Crippen LogP contribution in [0.15, 0.2) is 103 Å². The molecule has 0 spiro atoms. The first kappa shape index (κ1) is 14.9. The molecule has 0 nitrogen and oxygen atoms in total. The summed E-state index contributed by atoms with van der Waals surface area (Å²) in [5, 5.41) is 4.90. The van der Waals surface area contributed by atoms with E-state index >= 15 is 0 Å². The molecule has 0 saturated heterocycles. The van der Waals surface area contributed by atoms with E-state index in [0.717, 1.165) is 10.9 Å². The number of fused-ring (bicyclic) bond motifs is 2. The molecular weight excluding hydrogens is 312 g/mol. The molecule has 0 aliphatic carbocycles.